The van der Waals surface area contributed by atoms with Crippen molar-refractivity contribution >= 4 is 39.4 Å². The summed E-state index contributed by atoms with van der Waals surface area (Å²) in [6, 6.07) is 7.94. The van der Waals surface area contributed by atoms with Crippen LogP contribution in [0, 0.1) is 0 Å². The first-order valence-corrected chi connectivity index (χ1v) is 10.2. The third-order valence-corrected chi connectivity index (χ3v) is 5.19. The highest BCUT2D eigenvalue weighted by Gasteiger charge is 2.17. The lowest BCUT2D eigenvalue weighted by Gasteiger charge is -2.10. The van der Waals surface area contributed by atoms with Crippen LogP contribution in [0.2, 0.25) is 0 Å². The second kappa shape index (κ2) is 8.44. The molecule has 0 unspecified atom stereocenters. The van der Waals surface area contributed by atoms with Crippen LogP contribution in [0.15, 0.2) is 36.7 Å². The van der Waals surface area contributed by atoms with Crippen molar-refractivity contribution in [3.05, 3.63) is 48.2 Å². The Labute approximate surface area is 174 Å². The molecule has 0 aliphatic heterocycles. The smallest absolute Gasteiger partial charge is 0.182 e. The number of carbonyl (C=O) groups excluding carboxylic acids is 1. The number of ketones is 1. The first-order valence-electron chi connectivity index (χ1n) is 10.2. The summed E-state index contributed by atoms with van der Waals surface area (Å²) in [5.41, 5.74) is 14.7. The highest BCUT2D eigenvalue weighted by Crippen LogP contribution is 2.29. The molecule has 154 valence electrons. The van der Waals surface area contributed by atoms with Crippen LogP contribution >= 0.6 is 0 Å². The van der Waals surface area contributed by atoms with Gasteiger partial charge in [0.2, 0.25) is 0 Å². The molecule has 1 aromatic carbocycles. The zero-order valence-electron chi connectivity index (χ0n) is 17.0. The summed E-state index contributed by atoms with van der Waals surface area (Å²) in [5.74, 6) is 1.67. The Morgan fingerprint density at radius 2 is 1.90 bits per heavy atom. The van der Waals surface area contributed by atoms with Crippen LogP contribution in [-0.4, -0.2) is 30.3 Å². The first kappa shape index (κ1) is 19.8. The van der Waals surface area contributed by atoms with E-state index in [0.717, 1.165) is 47.0 Å². The zero-order chi connectivity index (χ0) is 21.1. The molecule has 0 aliphatic carbocycles. The third kappa shape index (κ3) is 3.80. The second-order valence-corrected chi connectivity index (χ2v) is 7.35. The van der Waals surface area contributed by atoms with E-state index in [9.17, 15) is 4.79 Å². The number of nitrogens with zero attached hydrogens (tertiary/aromatic N) is 5. The van der Waals surface area contributed by atoms with Crippen LogP contribution in [0.3, 0.4) is 0 Å². The number of carbonyl (C=O) groups is 1. The lowest BCUT2D eigenvalue weighted by Crippen LogP contribution is -2.09. The van der Waals surface area contributed by atoms with Gasteiger partial charge >= 0.3 is 0 Å². The van der Waals surface area contributed by atoms with Gasteiger partial charge in [-0.05, 0) is 18.9 Å². The fourth-order valence-electron chi connectivity index (χ4n) is 3.68. The maximum absolute atomic E-state index is 12.5. The van der Waals surface area contributed by atoms with Crippen molar-refractivity contribution in [1.82, 2.24) is 24.5 Å². The van der Waals surface area contributed by atoms with E-state index < -0.39 is 0 Å². The van der Waals surface area contributed by atoms with E-state index >= 15 is 0 Å². The summed E-state index contributed by atoms with van der Waals surface area (Å²) in [5, 5.41) is 1.02. The van der Waals surface area contributed by atoms with E-state index in [-0.39, 0.29) is 5.78 Å². The minimum absolute atomic E-state index is 0.0481. The summed E-state index contributed by atoms with van der Waals surface area (Å²) < 4.78 is 2.20. The summed E-state index contributed by atoms with van der Waals surface area (Å²) in [4.78, 5) is 29.8. The molecule has 0 amide bonds. The molecular weight excluding hydrogens is 378 g/mol. The molecule has 0 atom stereocenters. The second-order valence-electron chi connectivity index (χ2n) is 7.35. The molecule has 0 saturated carbocycles. The Kier molecular flexibility index (Phi) is 5.56. The Hall–Kier alpha value is -3.55. The van der Waals surface area contributed by atoms with Crippen LogP contribution in [0.1, 0.15) is 48.9 Å². The molecule has 0 fully saturated rings. The van der Waals surface area contributed by atoms with Crippen molar-refractivity contribution in [2.45, 2.75) is 45.6 Å². The number of rotatable bonds is 8. The molecule has 8 heteroatoms. The minimum atomic E-state index is -0.0481. The number of hydrogen-bond acceptors (Lipinski definition) is 7. The summed E-state index contributed by atoms with van der Waals surface area (Å²) >= 11 is 0. The van der Waals surface area contributed by atoms with Crippen LogP contribution in [-0.2, 0) is 13.0 Å². The summed E-state index contributed by atoms with van der Waals surface area (Å²) in [7, 11) is 0. The maximum atomic E-state index is 12.5. The van der Waals surface area contributed by atoms with Crippen molar-refractivity contribution in [3.8, 4) is 0 Å². The van der Waals surface area contributed by atoms with Gasteiger partial charge in [0, 0.05) is 24.8 Å². The van der Waals surface area contributed by atoms with Gasteiger partial charge in [0.15, 0.2) is 11.6 Å². The molecule has 0 radical (unpaired) electrons. The normalized spacial score (nSPS) is 11.4. The van der Waals surface area contributed by atoms with Crippen LogP contribution < -0.4 is 11.5 Å². The van der Waals surface area contributed by atoms with Crippen LogP contribution in [0.5, 0.6) is 0 Å². The number of fused-ring (bicyclic) bond motifs is 3. The SMILES string of the molecule is CCCCc1nc2c(N)nc3ccccc3c2n1CCCC(=O)c1cnc(N)cn1. The number of para-hydroxylation sites is 1. The van der Waals surface area contributed by atoms with Gasteiger partial charge in [0.05, 0.1) is 23.4 Å². The van der Waals surface area contributed by atoms with E-state index in [1.807, 2.05) is 24.3 Å². The Bertz CT molecular complexity index is 1200. The lowest BCUT2D eigenvalue weighted by molar-refractivity contribution is 0.0973. The molecule has 4 N–H and O–H groups in total. The largest absolute Gasteiger partial charge is 0.382 e. The first-order chi connectivity index (χ1) is 14.6. The van der Waals surface area contributed by atoms with Gasteiger partial charge in [-0.3, -0.25) is 4.79 Å². The predicted octanol–water partition coefficient (Wildman–Crippen LogP) is 3.54. The number of Topliss-reactive ketones (excluding diaryl/α,β-unsaturated/α-hetero) is 1. The van der Waals surface area contributed by atoms with Crippen LogP contribution in [0.4, 0.5) is 11.6 Å². The quantitative estimate of drug-likeness (QED) is 0.431. The van der Waals surface area contributed by atoms with E-state index in [4.69, 9.17) is 16.5 Å². The van der Waals surface area contributed by atoms with E-state index in [1.165, 1.54) is 12.4 Å². The number of nitrogens with two attached hydrogens (primary N) is 2. The molecule has 8 nitrogen and oxygen atoms in total. The molecule has 0 spiro atoms. The maximum Gasteiger partial charge on any atom is 0.182 e. The number of nitrogen functional groups attached to an aromatic ring is 2. The van der Waals surface area contributed by atoms with E-state index in [2.05, 4.69) is 26.4 Å². The topological polar surface area (TPSA) is 126 Å². The number of unbranched alkanes of at least 4 members (excludes halogenated alkanes) is 1. The highest BCUT2D eigenvalue weighted by molar-refractivity contribution is 6.06. The van der Waals surface area contributed by atoms with Gasteiger partial charge in [0.25, 0.3) is 0 Å². The molecule has 30 heavy (non-hydrogen) atoms. The van der Waals surface area contributed by atoms with Gasteiger partial charge in [-0.15, -0.1) is 0 Å². The summed E-state index contributed by atoms with van der Waals surface area (Å²) in [6.07, 6.45) is 6.82. The Morgan fingerprint density at radius 3 is 2.67 bits per heavy atom. The van der Waals surface area contributed by atoms with Gasteiger partial charge in [-0.1, -0.05) is 31.5 Å². The number of anilines is 2. The molecule has 0 saturated heterocycles. The van der Waals surface area contributed by atoms with Crippen molar-refractivity contribution in [2.75, 3.05) is 11.5 Å². The van der Waals surface area contributed by atoms with Gasteiger partial charge in [0.1, 0.15) is 22.9 Å². The fourth-order valence-corrected chi connectivity index (χ4v) is 3.68. The van der Waals surface area contributed by atoms with Gasteiger partial charge in [-0.2, -0.15) is 0 Å². The molecular formula is C22H25N7O. The van der Waals surface area contributed by atoms with E-state index in [1.54, 1.807) is 0 Å². The molecule has 0 aliphatic rings. The van der Waals surface area contributed by atoms with Crippen molar-refractivity contribution in [3.63, 3.8) is 0 Å². The fraction of sp³-hybridized carbons (Fsp3) is 0.318. The number of benzene rings is 1. The molecule has 3 heterocycles. The molecule has 3 aromatic heterocycles. The zero-order valence-corrected chi connectivity index (χ0v) is 17.0. The molecule has 0 bridgehead atoms. The highest BCUT2D eigenvalue weighted by atomic mass is 16.1. The number of hydrogen-bond donors (Lipinski definition) is 2. The Morgan fingerprint density at radius 1 is 1.07 bits per heavy atom. The summed E-state index contributed by atoms with van der Waals surface area (Å²) in [6.45, 7) is 2.82. The van der Waals surface area contributed by atoms with E-state index in [0.29, 0.717) is 36.7 Å². The lowest BCUT2D eigenvalue weighted by atomic mass is 10.1. The monoisotopic (exact) mass is 403 g/mol. The third-order valence-electron chi connectivity index (χ3n) is 5.19. The van der Waals surface area contributed by atoms with Crippen LogP contribution in [0.25, 0.3) is 21.9 Å². The molecule has 4 rings (SSSR count). The molecule has 4 aromatic rings. The predicted molar refractivity (Wildman–Crippen MR) is 118 cm³/mol. The average molecular weight is 403 g/mol. The average Bonchev–Trinajstić information content (AvgIpc) is 3.12. The number of aromatic nitrogens is 5. The van der Waals surface area contributed by atoms with Crippen molar-refractivity contribution in [1.29, 1.82) is 0 Å². The number of aryl methyl sites for hydroxylation is 2. The van der Waals surface area contributed by atoms with Gasteiger partial charge < -0.3 is 16.0 Å². The van der Waals surface area contributed by atoms with Crippen molar-refractivity contribution < 1.29 is 4.79 Å². The standard InChI is InChI=1S/C22H25N7O/c1-2-3-10-19-28-20-21(14-7-4-5-8-15(14)27-22(20)24)29(19)11-6-9-17(30)16-12-26-18(23)13-25-16/h4-5,7-8,12-13H,2-3,6,9-11H2,1H3,(H2,23,26)(H2,24,27). The number of imidazole rings is 1. The minimum Gasteiger partial charge on any atom is -0.382 e. The number of pyridine rings is 1. The Balaban J connectivity index is 1.65. The van der Waals surface area contributed by atoms with Crippen molar-refractivity contribution in [2.24, 2.45) is 0 Å². The van der Waals surface area contributed by atoms with Gasteiger partial charge in [-0.25, -0.2) is 19.9 Å².